The van der Waals surface area contributed by atoms with Gasteiger partial charge in [-0.3, -0.25) is 9.59 Å². The molecule has 0 spiro atoms. The van der Waals surface area contributed by atoms with Crippen LogP contribution in [0.3, 0.4) is 0 Å². The number of piperidine rings is 1. The van der Waals surface area contributed by atoms with Gasteiger partial charge >= 0.3 is 0 Å². The van der Waals surface area contributed by atoms with Crippen molar-refractivity contribution in [1.29, 1.82) is 0 Å². The average molecular weight is 377 g/mol. The van der Waals surface area contributed by atoms with E-state index >= 15 is 0 Å². The number of nitrogens with zero attached hydrogens (tertiary/aromatic N) is 1. The summed E-state index contributed by atoms with van der Waals surface area (Å²) in [6.07, 6.45) is 2.85. The van der Waals surface area contributed by atoms with Crippen LogP contribution in [-0.4, -0.2) is 43.3 Å². The summed E-state index contributed by atoms with van der Waals surface area (Å²) in [6, 6.07) is 15.6. The molecule has 2 aromatic rings. The van der Waals surface area contributed by atoms with Gasteiger partial charge in [0, 0.05) is 24.2 Å². The minimum absolute atomic E-state index is 0.0564. The van der Waals surface area contributed by atoms with E-state index in [1.807, 2.05) is 67.3 Å². The maximum atomic E-state index is 12.6. The maximum absolute atomic E-state index is 12.6. The van der Waals surface area contributed by atoms with Crippen LogP contribution in [0.25, 0.3) is 5.57 Å². The van der Waals surface area contributed by atoms with E-state index in [9.17, 15) is 9.59 Å². The SMILES string of the molecule is CCN(CC)C(=O)c1ccc(C(=C2CCNCC2)c2ccccc2C=O)cc1. The normalized spacial score (nSPS) is 13.9. The van der Waals surface area contributed by atoms with Gasteiger partial charge in [0.1, 0.15) is 0 Å². The lowest BCUT2D eigenvalue weighted by molar-refractivity contribution is 0.0773. The molecule has 146 valence electrons. The van der Waals surface area contributed by atoms with Crippen LogP contribution in [-0.2, 0) is 0 Å². The molecule has 0 aromatic heterocycles. The number of aldehydes is 1. The van der Waals surface area contributed by atoms with E-state index in [-0.39, 0.29) is 5.91 Å². The predicted octanol–water partition coefficient (Wildman–Crippen LogP) is 4.17. The van der Waals surface area contributed by atoms with Gasteiger partial charge in [-0.2, -0.15) is 0 Å². The van der Waals surface area contributed by atoms with Crippen LogP contribution in [0.2, 0.25) is 0 Å². The quantitative estimate of drug-likeness (QED) is 0.770. The largest absolute Gasteiger partial charge is 0.339 e. The topological polar surface area (TPSA) is 49.4 Å². The first-order chi connectivity index (χ1) is 13.7. The molecule has 4 heteroatoms. The van der Waals surface area contributed by atoms with Gasteiger partial charge in [0.25, 0.3) is 5.91 Å². The zero-order valence-corrected chi connectivity index (χ0v) is 16.7. The van der Waals surface area contributed by atoms with Crippen molar-refractivity contribution in [2.75, 3.05) is 26.2 Å². The van der Waals surface area contributed by atoms with Gasteiger partial charge in [-0.25, -0.2) is 0 Å². The molecule has 1 aliphatic heterocycles. The summed E-state index contributed by atoms with van der Waals surface area (Å²) >= 11 is 0. The molecule has 1 aliphatic rings. The lowest BCUT2D eigenvalue weighted by atomic mass is 9.86. The molecule has 0 unspecified atom stereocenters. The van der Waals surface area contributed by atoms with E-state index in [1.165, 1.54) is 5.57 Å². The van der Waals surface area contributed by atoms with Crippen molar-refractivity contribution in [3.8, 4) is 0 Å². The van der Waals surface area contributed by atoms with Gasteiger partial charge < -0.3 is 10.2 Å². The minimum Gasteiger partial charge on any atom is -0.339 e. The number of rotatable bonds is 6. The summed E-state index contributed by atoms with van der Waals surface area (Å²) < 4.78 is 0. The van der Waals surface area contributed by atoms with Crippen LogP contribution < -0.4 is 5.32 Å². The second-order valence-corrected chi connectivity index (χ2v) is 6.99. The van der Waals surface area contributed by atoms with Gasteiger partial charge in [-0.15, -0.1) is 0 Å². The standard InChI is InChI=1S/C24H28N2O2/c1-3-26(4-2)24(28)20-11-9-18(10-12-20)23(19-13-15-25-16-14-19)22-8-6-5-7-21(22)17-27/h5-12,17,25H,3-4,13-16H2,1-2H3. The molecule has 0 atom stereocenters. The van der Waals surface area contributed by atoms with E-state index in [2.05, 4.69) is 5.32 Å². The zero-order chi connectivity index (χ0) is 19.9. The molecule has 0 aliphatic carbocycles. The molecule has 1 amide bonds. The van der Waals surface area contributed by atoms with E-state index in [1.54, 1.807) is 0 Å². The maximum Gasteiger partial charge on any atom is 0.253 e. The molecule has 4 nitrogen and oxygen atoms in total. The number of hydrogen-bond acceptors (Lipinski definition) is 3. The van der Waals surface area contributed by atoms with Gasteiger partial charge in [-0.1, -0.05) is 42.0 Å². The Morgan fingerprint density at radius 3 is 2.18 bits per heavy atom. The number of amides is 1. The number of carbonyl (C=O) groups is 2. The Labute approximate surface area is 167 Å². The number of benzene rings is 2. The molecular formula is C24H28N2O2. The Balaban J connectivity index is 2.05. The smallest absolute Gasteiger partial charge is 0.253 e. The Morgan fingerprint density at radius 2 is 1.57 bits per heavy atom. The average Bonchev–Trinajstić information content (AvgIpc) is 2.76. The van der Waals surface area contributed by atoms with Crippen molar-refractivity contribution in [2.45, 2.75) is 26.7 Å². The first-order valence-electron chi connectivity index (χ1n) is 10.1. The summed E-state index contributed by atoms with van der Waals surface area (Å²) in [7, 11) is 0. The van der Waals surface area contributed by atoms with Crippen molar-refractivity contribution < 1.29 is 9.59 Å². The monoisotopic (exact) mass is 376 g/mol. The highest BCUT2D eigenvalue weighted by Crippen LogP contribution is 2.33. The first kappa shape index (κ1) is 20.0. The van der Waals surface area contributed by atoms with Crippen molar-refractivity contribution in [1.82, 2.24) is 10.2 Å². The second kappa shape index (κ2) is 9.47. The van der Waals surface area contributed by atoms with Crippen LogP contribution in [0.5, 0.6) is 0 Å². The predicted molar refractivity (Wildman–Crippen MR) is 114 cm³/mol. The van der Waals surface area contributed by atoms with E-state index < -0.39 is 0 Å². The molecule has 28 heavy (non-hydrogen) atoms. The Morgan fingerprint density at radius 1 is 0.964 bits per heavy atom. The fraction of sp³-hybridized carbons (Fsp3) is 0.333. The summed E-state index contributed by atoms with van der Waals surface area (Å²) in [5, 5.41) is 3.40. The fourth-order valence-corrected chi connectivity index (χ4v) is 3.83. The third kappa shape index (κ3) is 4.23. The van der Waals surface area contributed by atoms with Crippen LogP contribution in [0, 0.1) is 0 Å². The highest BCUT2D eigenvalue weighted by molar-refractivity contribution is 5.96. The van der Waals surface area contributed by atoms with Crippen LogP contribution in [0.4, 0.5) is 0 Å². The fourth-order valence-electron chi connectivity index (χ4n) is 3.83. The van der Waals surface area contributed by atoms with Crippen molar-refractivity contribution in [3.63, 3.8) is 0 Å². The van der Waals surface area contributed by atoms with Crippen molar-refractivity contribution in [2.24, 2.45) is 0 Å². The summed E-state index contributed by atoms with van der Waals surface area (Å²) in [5.41, 5.74) is 5.92. The molecule has 3 rings (SSSR count). The third-order valence-corrected chi connectivity index (χ3v) is 5.39. The molecule has 1 N–H and O–H groups in total. The lowest BCUT2D eigenvalue weighted by Crippen LogP contribution is -2.30. The molecule has 0 radical (unpaired) electrons. The number of carbonyl (C=O) groups excluding carboxylic acids is 2. The summed E-state index contributed by atoms with van der Waals surface area (Å²) in [4.78, 5) is 26.1. The Bertz CT molecular complexity index is 856. The summed E-state index contributed by atoms with van der Waals surface area (Å²) in [5.74, 6) is 0.0564. The Kier molecular flexibility index (Phi) is 6.77. The highest BCUT2D eigenvalue weighted by atomic mass is 16.2. The number of nitrogens with one attached hydrogen (secondary N) is 1. The molecule has 0 saturated carbocycles. The molecule has 1 fully saturated rings. The van der Waals surface area contributed by atoms with Crippen molar-refractivity contribution in [3.05, 3.63) is 76.4 Å². The van der Waals surface area contributed by atoms with Crippen molar-refractivity contribution >= 4 is 17.8 Å². The van der Waals surface area contributed by atoms with Gasteiger partial charge in [0.2, 0.25) is 0 Å². The highest BCUT2D eigenvalue weighted by Gasteiger charge is 2.18. The summed E-state index contributed by atoms with van der Waals surface area (Å²) in [6.45, 7) is 7.27. The molecule has 1 saturated heterocycles. The van der Waals surface area contributed by atoms with Gasteiger partial charge in [0.15, 0.2) is 6.29 Å². The second-order valence-electron chi connectivity index (χ2n) is 6.99. The van der Waals surface area contributed by atoms with Crippen LogP contribution in [0.15, 0.2) is 54.1 Å². The third-order valence-electron chi connectivity index (χ3n) is 5.39. The Hall–Kier alpha value is -2.72. The number of hydrogen-bond donors (Lipinski definition) is 1. The molecule has 0 bridgehead atoms. The lowest BCUT2D eigenvalue weighted by Gasteiger charge is -2.22. The first-order valence-corrected chi connectivity index (χ1v) is 10.1. The van der Waals surface area contributed by atoms with E-state index in [0.717, 1.165) is 48.9 Å². The van der Waals surface area contributed by atoms with E-state index in [4.69, 9.17) is 0 Å². The van der Waals surface area contributed by atoms with E-state index in [0.29, 0.717) is 24.2 Å². The van der Waals surface area contributed by atoms with Crippen LogP contribution in [0.1, 0.15) is 58.5 Å². The molecule has 2 aromatic carbocycles. The van der Waals surface area contributed by atoms with Gasteiger partial charge in [0.05, 0.1) is 0 Å². The zero-order valence-electron chi connectivity index (χ0n) is 16.7. The molecule has 1 heterocycles. The molecular weight excluding hydrogens is 348 g/mol. The minimum atomic E-state index is 0.0564. The van der Waals surface area contributed by atoms with Crippen LogP contribution >= 0.6 is 0 Å². The van der Waals surface area contributed by atoms with Gasteiger partial charge in [-0.05, 0) is 68.6 Å².